The van der Waals surface area contributed by atoms with Crippen LogP contribution in [0.2, 0.25) is 0 Å². The van der Waals surface area contributed by atoms with Gasteiger partial charge < -0.3 is 19.5 Å². The van der Waals surface area contributed by atoms with Crippen LogP contribution in [0.25, 0.3) is 33.5 Å². The summed E-state index contributed by atoms with van der Waals surface area (Å²) < 4.78 is 15.8. The van der Waals surface area contributed by atoms with Crippen molar-refractivity contribution in [3.8, 4) is 34.0 Å². The average molecular weight is 504 g/mol. The lowest BCUT2D eigenvalue weighted by Crippen LogP contribution is -2.20. The highest BCUT2D eigenvalue weighted by Gasteiger charge is 2.17. The molecule has 2 heterocycles. The first-order valence-corrected chi connectivity index (χ1v) is 11.9. The number of esters is 1. The molecule has 1 N–H and O–H groups in total. The number of amides is 1. The Morgan fingerprint density at radius 2 is 1.39 bits per heavy atom. The minimum Gasteiger partial charge on any atom is -0.454 e. The van der Waals surface area contributed by atoms with E-state index in [1.165, 1.54) is 0 Å². The largest absolute Gasteiger partial charge is 0.454 e. The lowest BCUT2D eigenvalue weighted by atomic mass is 10.0. The van der Waals surface area contributed by atoms with E-state index >= 15 is 0 Å². The Balaban J connectivity index is 1.22. The van der Waals surface area contributed by atoms with E-state index < -0.39 is 18.5 Å². The van der Waals surface area contributed by atoms with Gasteiger partial charge in [0.1, 0.15) is 0 Å². The van der Waals surface area contributed by atoms with Gasteiger partial charge in [-0.15, -0.1) is 0 Å². The number of hydrogen-bond acceptors (Lipinski definition) is 7. The van der Waals surface area contributed by atoms with Gasteiger partial charge in [-0.25, -0.2) is 14.8 Å². The number of hydrogen-bond donors (Lipinski definition) is 1. The Kier molecular flexibility index (Phi) is 6.11. The maximum Gasteiger partial charge on any atom is 0.338 e. The fourth-order valence-electron chi connectivity index (χ4n) is 4.16. The Morgan fingerprint density at radius 3 is 2.11 bits per heavy atom. The van der Waals surface area contributed by atoms with Crippen molar-refractivity contribution in [2.24, 2.45) is 0 Å². The zero-order valence-electron chi connectivity index (χ0n) is 20.1. The molecule has 0 saturated heterocycles. The Bertz CT molecular complexity index is 1660. The van der Waals surface area contributed by atoms with Crippen molar-refractivity contribution in [3.05, 3.63) is 103 Å². The van der Waals surface area contributed by atoms with Gasteiger partial charge in [0, 0.05) is 22.9 Å². The number of rotatable bonds is 6. The van der Waals surface area contributed by atoms with Gasteiger partial charge in [0.2, 0.25) is 6.79 Å². The Hall–Kier alpha value is -5.24. The topological polar surface area (TPSA) is 99.6 Å². The second-order valence-corrected chi connectivity index (χ2v) is 8.55. The normalized spacial score (nSPS) is 11.8. The van der Waals surface area contributed by atoms with Crippen LogP contribution >= 0.6 is 0 Å². The smallest absolute Gasteiger partial charge is 0.338 e. The van der Waals surface area contributed by atoms with Crippen molar-refractivity contribution in [1.29, 1.82) is 0 Å². The van der Waals surface area contributed by atoms with Crippen LogP contribution in [0, 0.1) is 0 Å². The summed E-state index contributed by atoms with van der Waals surface area (Å²) in [5.41, 5.74) is 5.28. The van der Waals surface area contributed by atoms with E-state index in [4.69, 9.17) is 24.2 Å². The van der Waals surface area contributed by atoms with Gasteiger partial charge in [-0.05, 0) is 30.3 Å². The van der Waals surface area contributed by atoms with Gasteiger partial charge in [-0.3, -0.25) is 4.79 Å². The van der Waals surface area contributed by atoms with Gasteiger partial charge in [-0.1, -0.05) is 60.7 Å². The second-order valence-electron chi connectivity index (χ2n) is 8.55. The monoisotopic (exact) mass is 503 g/mol. The zero-order valence-corrected chi connectivity index (χ0v) is 20.1. The van der Waals surface area contributed by atoms with Crippen LogP contribution < -0.4 is 14.8 Å². The molecule has 8 nitrogen and oxygen atoms in total. The fourth-order valence-corrected chi connectivity index (χ4v) is 4.16. The van der Waals surface area contributed by atoms with Gasteiger partial charge in [0.25, 0.3) is 5.91 Å². The molecule has 0 atom stereocenters. The van der Waals surface area contributed by atoms with Gasteiger partial charge in [0.15, 0.2) is 18.1 Å². The minimum absolute atomic E-state index is 0.140. The third-order valence-electron chi connectivity index (χ3n) is 5.99. The summed E-state index contributed by atoms with van der Waals surface area (Å²) in [4.78, 5) is 34.8. The van der Waals surface area contributed by atoms with E-state index in [0.29, 0.717) is 33.9 Å². The highest BCUT2D eigenvalue weighted by atomic mass is 16.7. The van der Waals surface area contributed by atoms with Crippen molar-refractivity contribution in [2.45, 2.75) is 0 Å². The molecule has 0 fully saturated rings. The third-order valence-corrected chi connectivity index (χ3v) is 5.99. The number of carbonyl (C=O) groups is 2. The first kappa shape index (κ1) is 23.2. The summed E-state index contributed by atoms with van der Waals surface area (Å²) in [5, 5.41) is 2.68. The fraction of sp³-hybridized carbons (Fsp3) is 0.0667. The maximum atomic E-state index is 12.8. The molecule has 0 spiro atoms. The molecule has 8 heteroatoms. The van der Waals surface area contributed by atoms with Crippen molar-refractivity contribution >= 4 is 28.6 Å². The number of ether oxygens (including phenoxy) is 3. The van der Waals surface area contributed by atoms with Crippen LogP contribution in [-0.2, 0) is 9.53 Å². The molecule has 0 unspecified atom stereocenters. The quantitative estimate of drug-likeness (QED) is 0.306. The van der Waals surface area contributed by atoms with Crippen molar-refractivity contribution < 1.29 is 23.8 Å². The molecule has 6 rings (SSSR count). The standard InChI is InChI=1S/C30H21N3O5/c34-27(31-22-12-14-25-26(16-22)38-18-37-25)17-36-30(35)21-11-13-23-24(15-21)33-29(20-9-5-2-6-10-20)28(32-23)19-7-3-1-4-8-19/h1-16H,17-18H2,(H,31,34). The first-order valence-electron chi connectivity index (χ1n) is 11.9. The van der Waals surface area contributed by atoms with Crippen LogP contribution in [0.3, 0.4) is 0 Å². The SMILES string of the molecule is O=C(COC(=O)c1ccc2nc(-c3ccccc3)c(-c3ccccc3)nc2c1)Nc1ccc2c(c1)OCO2. The van der Waals surface area contributed by atoms with Gasteiger partial charge >= 0.3 is 5.97 Å². The Labute approximate surface area is 217 Å². The summed E-state index contributed by atoms with van der Waals surface area (Å²) in [6.45, 7) is -0.305. The molecule has 0 aliphatic carbocycles. The van der Waals surface area contributed by atoms with E-state index in [1.54, 1.807) is 36.4 Å². The number of aromatic nitrogens is 2. The van der Waals surface area contributed by atoms with Crippen LogP contribution in [0.15, 0.2) is 97.1 Å². The van der Waals surface area contributed by atoms with Crippen molar-refractivity contribution in [2.75, 3.05) is 18.7 Å². The van der Waals surface area contributed by atoms with Crippen LogP contribution in [0.5, 0.6) is 11.5 Å². The maximum absolute atomic E-state index is 12.8. The van der Waals surface area contributed by atoms with Crippen molar-refractivity contribution in [3.63, 3.8) is 0 Å². The number of nitrogens with zero attached hydrogens (tertiary/aromatic N) is 2. The highest BCUT2D eigenvalue weighted by molar-refractivity contribution is 5.98. The molecule has 1 amide bonds. The summed E-state index contributed by atoms with van der Waals surface area (Å²) in [6.07, 6.45) is 0. The summed E-state index contributed by atoms with van der Waals surface area (Å²) >= 11 is 0. The van der Waals surface area contributed by atoms with E-state index in [-0.39, 0.29) is 12.4 Å². The predicted molar refractivity (Wildman–Crippen MR) is 142 cm³/mol. The number of benzene rings is 4. The van der Waals surface area contributed by atoms with E-state index in [1.807, 2.05) is 60.7 Å². The third kappa shape index (κ3) is 4.75. The minimum atomic E-state index is -0.636. The van der Waals surface area contributed by atoms with E-state index in [0.717, 1.165) is 16.8 Å². The summed E-state index contributed by atoms with van der Waals surface area (Å²) in [7, 11) is 0. The summed E-state index contributed by atoms with van der Waals surface area (Å²) in [6, 6.07) is 29.6. The number of fused-ring (bicyclic) bond motifs is 2. The highest BCUT2D eigenvalue weighted by Crippen LogP contribution is 2.34. The molecule has 5 aromatic rings. The predicted octanol–water partition coefficient (Wildman–Crippen LogP) is 5.49. The molecule has 4 aromatic carbocycles. The molecule has 0 saturated carbocycles. The molecular formula is C30H21N3O5. The molecule has 38 heavy (non-hydrogen) atoms. The molecule has 186 valence electrons. The molecular weight excluding hydrogens is 482 g/mol. The molecule has 0 bridgehead atoms. The molecule has 0 radical (unpaired) electrons. The second kappa shape index (κ2) is 10.0. The van der Waals surface area contributed by atoms with E-state index in [2.05, 4.69) is 5.32 Å². The number of carbonyl (C=O) groups excluding carboxylic acids is 2. The van der Waals surface area contributed by atoms with Gasteiger partial charge in [-0.2, -0.15) is 0 Å². The lowest BCUT2D eigenvalue weighted by molar-refractivity contribution is -0.119. The molecule has 1 aromatic heterocycles. The summed E-state index contributed by atoms with van der Waals surface area (Å²) in [5.74, 6) is 0.0436. The van der Waals surface area contributed by atoms with Crippen LogP contribution in [0.4, 0.5) is 5.69 Å². The Morgan fingerprint density at radius 1 is 0.737 bits per heavy atom. The van der Waals surface area contributed by atoms with Crippen LogP contribution in [0.1, 0.15) is 10.4 Å². The average Bonchev–Trinajstić information content (AvgIpc) is 3.44. The van der Waals surface area contributed by atoms with Crippen molar-refractivity contribution in [1.82, 2.24) is 9.97 Å². The first-order chi connectivity index (χ1) is 18.6. The number of anilines is 1. The lowest BCUT2D eigenvalue weighted by Gasteiger charge is -2.11. The zero-order chi connectivity index (χ0) is 25.9. The molecule has 1 aliphatic heterocycles. The van der Waals surface area contributed by atoms with Gasteiger partial charge in [0.05, 0.1) is 28.0 Å². The number of nitrogens with one attached hydrogen (secondary N) is 1. The van der Waals surface area contributed by atoms with Crippen LogP contribution in [-0.4, -0.2) is 35.2 Å². The molecule has 1 aliphatic rings. The van der Waals surface area contributed by atoms with E-state index in [9.17, 15) is 9.59 Å².